The van der Waals surface area contributed by atoms with Crippen LogP contribution in [-0.2, 0) is 10.8 Å². The van der Waals surface area contributed by atoms with E-state index in [0.717, 1.165) is 73.0 Å². The second-order valence-corrected chi connectivity index (χ2v) is 19.3. The molecule has 0 N–H and O–H groups in total. The number of pyridine rings is 1. The number of rotatable bonds is 7. The van der Waals surface area contributed by atoms with Crippen LogP contribution in [0.2, 0.25) is 0 Å². The third kappa shape index (κ3) is 7.14. The highest BCUT2D eigenvalue weighted by Crippen LogP contribution is 2.51. The average Bonchev–Trinajstić information content (AvgIpc) is 3.93. The minimum absolute atomic E-state index is 0.141. The van der Waals surface area contributed by atoms with E-state index in [2.05, 4.69) is 177 Å². The van der Waals surface area contributed by atoms with Gasteiger partial charge in [-0.1, -0.05) is 181 Å². The fraction of sp³-hybridized carbons (Fsp3) is 0.145. The Morgan fingerprint density at radius 2 is 1.05 bits per heavy atom. The molecule has 4 heteroatoms. The molecule has 0 spiro atoms. The molecular weight excluding hydrogens is 801 g/mol. The summed E-state index contributed by atoms with van der Waals surface area (Å²) in [6.07, 6.45) is 1.85. The molecule has 0 unspecified atom stereocenters. The van der Waals surface area contributed by atoms with Crippen molar-refractivity contribution in [1.82, 2.24) is 9.55 Å². The van der Waals surface area contributed by atoms with Crippen molar-refractivity contribution < 1.29 is 6.85 Å². The minimum atomic E-state index is -0.416. The summed E-state index contributed by atoms with van der Waals surface area (Å²) in [5.41, 5.74) is 15.2. The number of fused-ring (bicyclic) bond motifs is 4. The Morgan fingerprint density at radius 1 is 0.455 bits per heavy atom. The summed E-state index contributed by atoms with van der Waals surface area (Å²) in [6.45, 7) is 14.2. The van der Waals surface area contributed by atoms with Crippen LogP contribution >= 0.6 is 0 Å². The monoisotopic (exact) mass is 859 g/mol. The first-order valence-electron chi connectivity index (χ1n) is 25.2. The lowest BCUT2D eigenvalue weighted by atomic mass is 9.72. The number of hydrogen-bond acceptors (Lipinski definition) is 3. The molecule has 0 aliphatic carbocycles. The number of para-hydroxylation sites is 4. The van der Waals surface area contributed by atoms with Crippen molar-refractivity contribution in [3.8, 4) is 50.3 Å². The van der Waals surface area contributed by atoms with Crippen LogP contribution in [0.15, 0.2) is 206 Å². The zero-order valence-corrected chi connectivity index (χ0v) is 38.2. The summed E-state index contributed by atoms with van der Waals surface area (Å²) >= 11 is 0. The second-order valence-electron chi connectivity index (χ2n) is 19.3. The fourth-order valence-corrected chi connectivity index (χ4v) is 9.93. The van der Waals surface area contributed by atoms with Gasteiger partial charge >= 0.3 is 0 Å². The second kappa shape index (κ2) is 16.1. The lowest BCUT2D eigenvalue weighted by molar-refractivity contribution is 0.530. The summed E-state index contributed by atoms with van der Waals surface area (Å²) in [4.78, 5) is 9.39. The summed E-state index contributed by atoms with van der Waals surface area (Å²) in [5.74, 6) is 0.869. The van der Waals surface area contributed by atoms with Crippen LogP contribution in [0, 0.1) is 0 Å². The number of nitrogens with zero attached hydrogens (tertiary/aromatic N) is 4. The molecule has 1 aliphatic heterocycles. The number of anilines is 4. The molecule has 3 heterocycles. The van der Waals surface area contributed by atoms with Gasteiger partial charge in [0.05, 0.1) is 34.9 Å². The van der Waals surface area contributed by atoms with Crippen LogP contribution < -0.4 is 9.80 Å². The Morgan fingerprint density at radius 3 is 1.74 bits per heavy atom. The molecule has 0 saturated carbocycles. The Labute approximate surface area is 396 Å². The molecule has 1 aliphatic rings. The van der Waals surface area contributed by atoms with Gasteiger partial charge in [-0.2, -0.15) is 0 Å². The highest BCUT2D eigenvalue weighted by Gasteiger charge is 2.32. The largest absolute Gasteiger partial charge is 0.321 e. The third-order valence-corrected chi connectivity index (χ3v) is 13.0. The predicted molar refractivity (Wildman–Crippen MR) is 280 cm³/mol. The maximum atomic E-state index is 9.13. The van der Waals surface area contributed by atoms with Gasteiger partial charge in [-0.25, -0.2) is 4.98 Å². The lowest BCUT2D eigenvalue weighted by Crippen LogP contribution is -2.25. The van der Waals surface area contributed by atoms with Crippen LogP contribution in [-0.4, -0.2) is 16.2 Å². The molecule has 322 valence electrons. The van der Waals surface area contributed by atoms with Crippen molar-refractivity contribution in [3.05, 3.63) is 217 Å². The van der Waals surface area contributed by atoms with E-state index in [-0.39, 0.29) is 40.6 Å². The van der Waals surface area contributed by atoms with Crippen molar-refractivity contribution in [2.24, 2.45) is 0 Å². The maximum absolute atomic E-state index is 9.13. The van der Waals surface area contributed by atoms with Crippen molar-refractivity contribution in [2.75, 3.05) is 16.5 Å². The molecule has 0 saturated heterocycles. The van der Waals surface area contributed by atoms with E-state index >= 15 is 0 Å². The maximum Gasteiger partial charge on any atom is 0.137 e. The molecule has 10 aromatic rings. The van der Waals surface area contributed by atoms with Crippen molar-refractivity contribution in [2.45, 2.75) is 52.4 Å². The molecule has 8 aromatic carbocycles. The van der Waals surface area contributed by atoms with Gasteiger partial charge in [-0.15, -0.1) is 0 Å². The van der Waals surface area contributed by atoms with Crippen LogP contribution in [0.4, 0.5) is 22.7 Å². The molecule has 0 radical (unpaired) electrons. The first kappa shape index (κ1) is 35.6. The van der Waals surface area contributed by atoms with Gasteiger partial charge in [-0.3, -0.25) is 4.57 Å². The minimum Gasteiger partial charge on any atom is -0.321 e. The van der Waals surface area contributed by atoms with Gasteiger partial charge in [0.1, 0.15) is 12.5 Å². The van der Waals surface area contributed by atoms with Crippen LogP contribution in [0.5, 0.6) is 0 Å². The van der Waals surface area contributed by atoms with Crippen molar-refractivity contribution >= 4 is 44.6 Å². The van der Waals surface area contributed by atoms with Crippen molar-refractivity contribution in [3.63, 3.8) is 0 Å². The summed E-state index contributed by atoms with van der Waals surface area (Å²) in [5, 5.41) is 2.35. The Kier molecular flexibility index (Phi) is 8.68. The SMILES string of the molecule is [2H]c1c([2H])c([2H])c(-c2cccc(-c3ccccc3)c2N2CN(c3cccc(-c4cc(C(C)(C)C)c(C(C)(C)C)cc4-c4ccc5c6ccccc6n(-c6ccccn6)c5c4)c3)c3ccccc32)c([2H])c1[2H]. The van der Waals surface area contributed by atoms with E-state index in [1.165, 1.54) is 21.9 Å². The molecule has 0 atom stereocenters. The quantitative estimate of drug-likeness (QED) is 0.160. The topological polar surface area (TPSA) is 24.3 Å². The van der Waals surface area contributed by atoms with Crippen LogP contribution in [0.1, 0.15) is 59.5 Å². The van der Waals surface area contributed by atoms with E-state index in [9.17, 15) is 0 Å². The van der Waals surface area contributed by atoms with Gasteiger partial charge in [0, 0.05) is 33.8 Å². The van der Waals surface area contributed by atoms with Gasteiger partial charge < -0.3 is 9.80 Å². The molecule has 11 rings (SSSR count). The predicted octanol–water partition coefficient (Wildman–Crippen LogP) is 16.7. The van der Waals surface area contributed by atoms with Crippen LogP contribution in [0.3, 0.4) is 0 Å². The average molecular weight is 860 g/mol. The molecule has 4 nitrogen and oxygen atoms in total. The normalized spacial score (nSPS) is 13.9. The fourth-order valence-electron chi connectivity index (χ4n) is 9.93. The highest BCUT2D eigenvalue weighted by molar-refractivity contribution is 6.10. The van der Waals surface area contributed by atoms with Gasteiger partial charge in [0.15, 0.2) is 0 Å². The smallest absolute Gasteiger partial charge is 0.137 e. The van der Waals surface area contributed by atoms with E-state index in [4.69, 9.17) is 11.8 Å². The standard InChI is InChI=1S/C62H54N4/c1-61(2,3)53-39-51(52(40-54(53)62(4,5)6)45-34-35-50-49-27-13-14-30-55(49)66(58(50)38-45)59-33-17-18-36-63-59)44-25-19-26-46(37-44)64-41-65(57-32-16-15-31-56(57)64)60-47(42-21-9-7-10-22-42)28-20-29-48(60)43-23-11-8-12-24-43/h7-40H,41H2,1-6H3/i7D,9D,10D,21D,22D. The molecular formula is C62H54N4. The Bertz CT molecular complexity index is 3690. The Balaban J connectivity index is 1.10. The highest BCUT2D eigenvalue weighted by atomic mass is 15.4. The zero-order valence-electron chi connectivity index (χ0n) is 43.2. The molecule has 0 bridgehead atoms. The number of benzene rings is 8. The third-order valence-electron chi connectivity index (χ3n) is 13.0. The van der Waals surface area contributed by atoms with Gasteiger partial charge in [0.25, 0.3) is 0 Å². The first-order chi connectivity index (χ1) is 34.1. The van der Waals surface area contributed by atoms with Gasteiger partial charge in [0.2, 0.25) is 0 Å². The van der Waals surface area contributed by atoms with E-state index in [0.29, 0.717) is 12.2 Å². The van der Waals surface area contributed by atoms with E-state index in [1.54, 1.807) is 0 Å². The molecule has 2 aromatic heterocycles. The number of hydrogen-bond donors (Lipinski definition) is 0. The Hall–Kier alpha value is -7.69. The lowest BCUT2D eigenvalue weighted by Gasteiger charge is -2.32. The van der Waals surface area contributed by atoms with Crippen molar-refractivity contribution in [1.29, 1.82) is 0 Å². The summed E-state index contributed by atoms with van der Waals surface area (Å²) < 4.78 is 46.3. The number of aromatic nitrogens is 2. The van der Waals surface area contributed by atoms with E-state index < -0.39 is 6.04 Å². The van der Waals surface area contributed by atoms with Gasteiger partial charge in [-0.05, 0) is 116 Å². The molecule has 0 amide bonds. The van der Waals surface area contributed by atoms with E-state index in [1.807, 2.05) is 54.7 Å². The first-order valence-corrected chi connectivity index (χ1v) is 22.7. The summed E-state index contributed by atoms with van der Waals surface area (Å²) in [7, 11) is 0. The zero-order chi connectivity index (χ0) is 49.5. The molecule has 0 fully saturated rings. The van der Waals surface area contributed by atoms with Crippen LogP contribution in [0.25, 0.3) is 72.1 Å². The summed E-state index contributed by atoms with van der Waals surface area (Å²) in [6, 6.07) is 57.8. The molecule has 66 heavy (non-hydrogen) atoms.